The number of thioether (sulfide) groups is 1. The van der Waals surface area contributed by atoms with Gasteiger partial charge < -0.3 is 5.32 Å². The van der Waals surface area contributed by atoms with E-state index in [4.69, 9.17) is 11.6 Å². The number of carbonyl (C=O) groups is 1. The van der Waals surface area contributed by atoms with E-state index in [1.807, 2.05) is 38.1 Å². The molecule has 0 heterocycles. The first kappa shape index (κ1) is 25.1. The van der Waals surface area contributed by atoms with E-state index in [1.165, 1.54) is 5.56 Å². The number of rotatable bonds is 9. The van der Waals surface area contributed by atoms with Crippen molar-refractivity contribution in [1.82, 2.24) is 5.32 Å². The van der Waals surface area contributed by atoms with Gasteiger partial charge >= 0.3 is 0 Å². The standard InChI is InChI=1S/C25H27ClN2O3S2/c1-18-7-11-21(12-8-18)32-16-15-27-25(29)17-28(24-6-4-5-23(26)20(24)3)33(30,31)22-13-9-19(2)10-14-22/h4-14H,15-17H2,1-3H3,(H,27,29). The van der Waals surface area contributed by atoms with Crippen LogP contribution < -0.4 is 9.62 Å². The molecule has 0 aliphatic rings. The van der Waals surface area contributed by atoms with Crippen LogP contribution in [0.25, 0.3) is 0 Å². The number of sulfonamides is 1. The third-order valence-electron chi connectivity index (χ3n) is 5.12. The average molecular weight is 503 g/mol. The number of carbonyl (C=O) groups excluding carboxylic acids is 1. The predicted octanol–water partition coefficient (Wildman–Crippen LogP) is 5.37. The number of benzene rings is 3. The predicted molar refractivity (Wildman–Crippen MR) is 137 cm³/mol. The summed E-state index contributed by atoms with van der Waals surface area (Å²) in [5, 5.41) is 3.27. The van der Waals surface area contributed by atoms with E-state index < -0.39 is 10.0 Å². The second-order valence-corrected chi connectivity index (χ2v) is 11.2. The Hall–Kier alpha value is -2.48. The average Bonchev–Trinajstić information content (AvgIpc) is 2.78. The second kappa shape index (κ2) is 11.1. The molecule has 0 atom stereocenters. The van der Waals surface area contributed by atoms with Crippen molar-refractivity contribution in [2.45, 2.75) is 30.6 Å². The lowest BCUT2D eigenvalue weighted by molar-refractivity contribution is -0.119. The van der Waals surface area contributed by atoms with Gasteiger partial charge in [0.15, 0.2) is 0 Å². The maximum Gasteiger partial charge on any atom is 0.264 e. The molecule has 8 heteroatoms. The molecule has 0 spiro atoms. The number of aryl methyl sites for hydroxylation is 2. The van der Waals surface area contributed by atoms with Crippen LogP contribution in [0.4, 0.5) is 5.69 Å². The first-order valence-electron chi connectivity index (χ1n) is 10.5. The lowest BCUT2D eigenvalue weighted by Crippen LogP contribution is -2.41. The van der Waals surface area contributed by atoms with Gasteiger partial charge in [-0.3, -0.25) is 9.10 Å². The molecule has 0 radical (unpaired) electrons. The number of hydrogen-bond donors (Lipinski definition) is 1. The van der Waals surface area contributed by atoms with Crippen LogP contribution in [0.2, 0.25) is 5.02 Å². The summed E-state index contributed by atoms with van der Waals surface area (Å²) in [4.78, 5) is 14.0. The molecule has 5 nitrogen and oxygen atoms in total. The van der Waals surface area contributed by atoms with E-state index in [-0.39, 0.29) is 17.3 Å². The van der Waals surface area contributed by atoms with E-state index in [0.29, 0.717) is 28.6 Å². The maximum absolute atomic E-state index is 13.5. The zero-order valence-corrected chi connectivity index (χ0v) is 21.2. The lowest BCUT2D eigenvalue weighted by atomic mass is 10.2. The Morgan fingerprint density at radius 1 is 0.939 bits per heavy atom. The number of nitrogens with one attached hydrogen (secondary N) is 1. The summed E-state index contributed by atoms with van der Waals surface area (Å²) in [6, 6.07) is 19.8. The lowest BCUT2D eigenvalue weighted by Gasteiger charge is -2.26. The molecule has 0 fully saturated rings. The number of anilines is 1. The van der Waals surface area contributed by atoms with Crippen molar-refractivity contribution in [2.24, 2.45) is 0 Å². The summed E-state index contributed by atoms with van der Waals surface area (Å²) in [6.45, 7) is 5.74. The Morgan fingerprint density at radius 2 is 1.55 bits per heavy atom. The van der Waals surface area contributed by atoms with Crippen LogP contribution in [-0.2, 0) is 14.8 Å². The van der Waals surface area contributed by atoms with Gasteiger partial charge in [-0.15, -0.1) is 11.8 Å². The first-order valence-corrected chi connectivity index (χ1v) is 13.3. The number of amides is 1. The highest BCUT2D eigenvalue weighted by molar-refractivity contribution is 7.99. The molecule has 0 unspecified atom stereocenters. The summed E-state index contributed by atoms with van der Waals surface area (Å²) in [5.41, 5.74) is 3.12. The highest BCUT2D eigenvalue weighted by atomic mass is 35.5. The van der Waals surface area contributed by atoms with Gasteiger partial charge in [-0.25, -0.2) is 8.42 Å². The Morgan fingerprint density at radius 3 is 2.18 bits per heavy atom. The van der Waals surface area contributed by atoms with Crippen LogP contribution in [-0.4, -0.2) is 33.2 Å². The second-order valence-electron chi connectivity index (χ2n) is 7.72. The maximum atomic E-state index is 13.5. The smallest absolute Gasteiger partial charge is 0.264 e. The normalized spacial score (nSPS) is 11.3. The van der Waals surface area contributed by atoms with Gasteiger partial charge in [-0.2, -0.15) is 0 Å². The quantitative estimate of drug-likeness (QED) is 0.315. The van der Waals surface area contributed by atoms with Crippen LogP contribution in [0.5, 0.6) is 0 Å². The fraction of sp³-hybridized carbons (Fsp3) is 0.240. The molecule has 0 aliphatic heterocycles. The SMILES string of the molecule is Cc1ccc(SCCNC(=O)CN(c2cccc(Cl)c2C)S(=O)(=O)c2ccc(C)cc2)cc1. The molecule has 0 aliphatic carbocycles. The molecule has 0 saturated carbocycles. The minimum Gasteiger partial charge on any atom is -0.354 e. The van der Waals surface area contributed by atoms with Gasteiger partial charge in [0.1, 0.15) is 6.54 Å². The van der Waals surface area contributed by atoms with Gasteiger partial charge in [0.25, 0.3) is 10.0 Å². The van der Waals surface area contributed by atoms with Crippen molar-refractivity contribution in [3.8, 4) is 0 Å². The fourth-order valence-electron chi connectivity index (χ4n) is 3.18. The molecular formula is C25H27ClN2O3S2. The molecule has 3 aromatic carbocycles. The Balaban J connectivity index is 1.75. The van der Waals surface area contributed by atoms with E-state index in [2.05, 4.69) is 5.32 Å². The Bertz CT molecular complexity index is 1210. The van der Waals surface area contributed by atoms with Crippen molar-refractivity contribution in [3.05, 3.63) is 88.4 Å². The number of halogens is 1. The van der Waals surface area contributed by atoms with E-state index in [1.54, 1.807) is 61.2 Å². The third kappa shape index (κ3) is 6.53. The Labute approximate surface area is 205 Å². The van der Waals surface area contributed by atoms with Gasteiger partial charge in [-0.1, -0.05) is 53.1 Å². The molecule has 33 heavy (non-hydrogen) atoms. The zero-order valence-electron chi connectivity index (χ0n) is 18.8. The number of hydrogen-bond acceptors (Lipinski definition) is 4. The van der Waals surface area contributed by atoms with Crippen LogP contribution >= 0.6 is 23.4 Å². The summed E-state index contributed by atoms with van der Waals surface area (Å²) >= 11 is 7.89. The van der Waals surface area contributed by atoms with E-state index >= 15 is 0 Å². The minimum absolute atomic E-state index is 0.121. The van der Waals surface area contributed by atoms with Crippen molar-refractivity contribution in [1.29, 1.82) is 0 Å². The van der Waals surface area contributed by atoms with E-state index in [0.717, 1.165) is 14.8 Å². The number of nitrogens with zero attached hydrogens (tertiary/aromatic N) is 1. The Kier molecular flexibility index (Phi) is 8.46. The highest BCUT2D eigenvalue weighted by Crippen LogP contribution is 2.30. The van der Waals surface area contributed by atoms with Crippen molar-refractivity contribution in [2.75, 3.05) is 23.1 Å². The topological polar surface area (TPSA) is 66.5 Å². The largest absolute Gasteiger partial charge is 0.354 e. The molecular weight excluding hydrogens is 476 g/mol. The van der Waals surface area contributed by atoms with Gasteiger partial charge in [0.2, 0.25) is 5.91 Å². The van der Waals surface area contributed by atoms with Crippen LogP contribution in [0.15, 0.2) is 76.5 Å². The van der Waals surface area contributed by atoms with Gasteiger partial charge in [0.05, 0.1) is 10.6 Å². The highest BCUT2D eigenvalue weighted by Gasteiger charge is 2.28. The van der Waals surface area contributed by atoms with Crippen LogP contribution in [0.1, 0.15) is 16.7 Å². The third-order valence-corrected chi connectivity index (χ3v) is 8.32. The molecule has 1 amide bonds. The molecule has 0 aromatic heterocycles. The van der Waals surface area contributed by atoms with Crippen molar-refractivity contribution < 1.29 is 13.2 Å². The van der Waals surface area contributed by atoms with Gasteiger partial charge in [0, 0.05) is 22.2 Å². The van der Waals surface area contributed by atoms with Crippen molar-refractivity contribution in [3.63, 3.8) is 0 Å². The van der Waals surface area contributed by atoms with E-state index in [9.17, 15) is 13.2 Å². The molecule has 0 saturated heterocycles. The summed E-state index contributed by atoms with van der Waals surface area (Å²) < 4.78 is 28.1. The molecule has 3 aromatic rings. The minimum atomic E-state index is -3.97. The first-order chi connectivity index (χ1) is 15.7. The summed E-state index contributed by atoms with van der Waals surface area (Å²) in [6.07, 6.45) is 0. The fourth-order valence-corrected chi connectivity index (χ4v) is 5.60. The molecule has 174 valence electrons. The van der Waals surface area contributed by atoms with Crippen molar-refractivity contribution >= 4 is 45.0 Å². The van der Waals surface area contributed by atoms with Crippen LogP contribution in [0.3, 0.4) is 0 Å². The monoisotopic (exact) mass is 502 g/mol. The summed E-state index contributed by atoms with van der Waals surface area (Å²) in [5.74, 6) is 0.296. The van der Waals surface area contributed by atoms with Crippen LogP contribution in [0, 0.1) is 20.8 Å². The zero-order chi connectivity index (χ0) is 24.0. The molecule has 0 bridgehead atoms. The summed E-state index contributed by atoms with van der Waals surface area (Å²) in [7, 11) is -3.97. The molecule has 3 rings (SSSR count). The molecule has 1 N–H and O–H groups in total. The van der Waals surface area contributed by atoms with Gasteiger partial charge in [-0.05, 0) is 62.7 Å².